The highest BCUT2D eigenvalue weighted by Gasteiger charge is 2.29. The molecule has 1 aliphatic rings. The number of piperazine rings is 1. The van der Waals surface area contributed by atoms with Gasteiger partial charge in [-0.05, 0) is 12.1 Å². The lowest BCUT2D eigenvalue weighted by Crippen LogP contribution is -2.49. The van der Waals surface area contributed by atoms with Gasteiger partial charge in [-0.2, -0.15) is 13.2 Å². The van der Waals surface area contributed by atoms with Gasteiger partial charge in [0, 0.05) is 45.0 Å². The lowest BCUT2D eigenvalue weighted by Gasteiger charge is -2.36. The largest absolute Gasteiger partial charge is 0.405 e. The molecule has 138 valence electrons. The number of hydrogen-bond acceptors (Lipinski definition) is 4. The second-order valence-corrected chi connectivity index (χ2v) is 5.72. The lowest BCUT2D eigenvalue weighted by molar-refractivity contribution is -0.146. The van der Waals surface area contributed by atoms with Gasteiger partial charge in [0.25, 0.3) is 0 Å². The van der Waals surface area contributed by atoms with Crippen molar-refractivity contribution in [3.63, 3.8) is 0 Å². The summed E-state index contributed by atoms with van der Waals surface area (Å²) in [7, 11) is 0. The first-order chi connectivity index (χ1) is 11.8. The molecule has 1 aromatic carbocycles. The van der Waals surface area contributed by atoms with Crippen LogP contribution in [0.4, 0.5) is 18.9 Å². The number of nitrogens with one attached hydrogen (secondary N) is 2. The third-order valence-electron chi connectivity index (χ3n) is 3.86. The van der Waals surface area contributed by atoms with Crippen molar-refractivity contribution in [2.75, 3.05) is 50.7 Å². The lowest BCUT2D eigenvalue weighted by atomic mass is 10.2. The topological polar surface area (TPSA) is 64.7 Å². The maximum Gasteiger partial charge on any atom is 0.405 e. The quantitative estimate of drug-likeness (QED) is 0.757. The number of carbonyl (C=O) groups excluding carboxylic acids is 2. The van der Waals surface area contributed by atoms with Crippen molar-refractivity contribution in [3.05, 3.63) is 30.3 Å². The van der Waals surface area contributed by atoms with E-state index in [-0.39, 0.29) is 6.54 Å². The molecule has 1 saturated heterocycles. The van der Waals surface area contributed by atoms with Crippen LogP contribution in [0.5, 0.6) is 0 Å². The van der Waals surface area contributed by atoms with E-state index in [2.05, 4.69) is 27.2 Å². The van der Waals surface area contributed by atoms with Gasteiger partial charge in [0.05, 0.1) is 0 Å². The summed E-state index contributed by atoms with van der Waals surface area (Å²) < 4.78 is 35.9. The minimum atomic E-state index is -4.53. The summed E-state index contributed by atoms with van der Waals surface area (Å²) in [5, 5.41) is 3.87. The molecule has 0 unspecified atom stereocenters. The zero-order valence-corrected chi connectivity index (χ0v) is 13.7. The molecule has 0 spiro atoms. The second-order valence-electron chi connectivity index (χ2n) is 5.72. The Hall–Kier alpha value is -2.29. The Kier molecular flexibility index (Phi) is 6.63. The van der Waals surface area contributed by atoms with Gasteiger partial charge in [0.1, 0.15) is 6.54 Å². The number of alkyl halides is 3. The van der Waals surface area contributed by atoms with Crippen molar-refractivity contribution < 1.29 is 22.8 Å². The van der Waals surface area contributed by atoms with Gasteiger partial charge in [-0.15, -0.1) is 0 Å². The molecule has 9 heteroatoms. The van der Waals surface area contributed by atoms with Gasteiger partial charge in [-0.3, -0.25) is 14.5 Å². The molecule has 1 fully saturated rings. The predicted octanol–water partition coefficient (Wildman–Crippen LogP) is 0.603. The second kappa shape index (κ2) is 8.70. The summed E-state index contributed by atoms with van der Waals surface area (Å²) in [5.41, 5.74) is 1.16. The number of amides is 2. The Morgan fingerprint density at radius 3 is 2.16 bits per heavy atom. The zero-order chi connectivity index (χ0) is 18.3. The summed E-state index contributed by atoms with van der Waals surface area (Å²) in [5.74, 6) is -2.32. The highest BCUT2D eigenvalue weighted by atomic mass is 19.4. The molecule has 0 aliphatic carbocycles. The maximum absolute atomic E-state index is 12.0. The van der Waals surface area contributed by atoms with Gasteiger partial charge in [-0.1, -0.05) is 18.2 Å². The summed E-state index contributed by atoms with van der Waals surface area (Å²) in [4.78, 5) is 27.0. The summed E-state index contributed by atoms with van der Waals surface area (Å²) >= 11 is 0. The average Bonchev–Trinajstić information content (AvgIpc) is 2.60. The average molecular weight is 358 g/mol. The van der Waals surface area contributed by atoms with E-state index in [1.165, 1.54) is 5.32 Å². The molecule has 6 nitrogen and oxygen atoms in total. The van der Waals surface area contributed by atoms with Crippen LogP contribution in [0, 0.1) is 0 Å². The first kappa shape index (κ1) is 19.0. The molecule has 1 heterocycles. The zero-order valence-electron chi connectivity index (χ0n) is 13.7. The summed E-state index contributed by atoms with van der Waals surface area (Å²) in [6, 6.07) is 10.0. The number of halogens is 3. The Bertz CT molecular complexity index is 572. The van der Waals surface area contributed by atoms with Crippen molar-refractivity contribution in [1.29, 1.82) is 0 Å². The number of para-hydroxylation sites is 1. The van der Waals surface area contributed by atoms with Crippen molar-refractivity contribution in [2.24, 2.45) is 0 Å². The molecule has 0 radical (unpaired) electrons. The number of rotatable bonds is 5. The molecule has 0 saturated carbocycles. The normalized spacial score (nSPS) is 15.7. The van der Waals surface area contributed by atoms with Crippen LogP contribution in [-0.4, -0.2) is 68.7 Å². The van der Waals surface area contributed by atoms with E-state index in [1.54, 1.807) is 0 Å². The SMILES string of the molecule is O=C(NCCN1CCN(c2ccccc2)CC1)C(=O)NCC(F)(F)F. The van der Waals surface area contributed by atoms with Gasteiger partial charge >= 0.3 is 18.0 Å². The molecule has 25 heavy (non-hydrogen) atoms. The number of nitrogens with zero attached hydrogens (tertiary/aromatic N) is 2. The number of anilines is 1. The molecule has 0 bridgehead atoms. The molecule has 2 amide bonds. The van der Waals surface area contributed by atoms with Crippen LogP contribution in [0.3, 0.4) is 0 Å². The molecule has 1 aliphatic heterocycles. The Morgan fingerprint density at radius 1 is 0.960 bits per heavy atom. The summed E-state index contributed by atoms with van der Waals surface area (Å²) in [6.07, 6.45) is -4.53. The van der Waals surface area contributed by atoms with Gasteiger partial charge < -0.3 is 15.5 Å². The van der Waals surface area contributed by atoms with E-state index < -0.39 is 24.5 Å². The third kappa shape index (κ3) is 6.61. The van der Waals surface area contributed by atoms with E-state index in [4.69, 9.17) is 0 Å². The Labute approximate surface area is 144 Å². The van der Waals surface area contributed by atoms with Gasteiger partial charge in [0.2, 0.25) is 0 Å². The van der Waals surface area contributed by atoms with E-state index in [9.17, 15) is 22.8 Å². The van der Waals surface area contributed by atoms with Crippen molar-refractivity contribution in [1.82, 2.24) is 15.5 Å². The predicted molar refractivity (Wildman–Crippen MR) is 87.2 cm³/mol. The monoisotopic (exact) mass is 358 g/mol. The molecular weight excluding hydrogens is 337 g/mol. The third-order valence-corrected chi connectivity index (χ3v) is 3.86. The van der Waals surface area contributed by atoms with E-state index in [0.29, 0.717) is 6.54 Å². The smallest absolute Gasteiger partial charge is 0.369 e. The van der Waals surface area contributed by atoms with Crippen LogP contribution in [0.15, 0.2) is 30.3 Å². The fourth-order valence-corrected chi connectivity index (χ4v) is 2.54. The maximum atomic E-state index is 12.0. The molecule has 2 rings (SSSR count). The first-order valence-corrected chi connectivity index (χ1v) is 8.00. The van der Waals surface area contributed by atoms with E-state index >= 15 is 0 Å². The Balaban J connectivity index is 1.63. The highest BCUT2D eigenvalue weighted by molar-refractivity contribution is 6.35. The number of benzene rings is 1. The van der Waals surface area contributed by atoms with Gasteiger partial charge in [0.15, 0.2) is 0 Å². The fraction of sp³-hybridized carbons (Fsp3) is 0.500. The van der Waals surface area contributed by atoms with Crippen LogP contribution < -0.4 is 15.5 Å². The molecule has 0 atom stereocenters. The van der Waals surface area contributed by atoms with Crippen molar-refractivity contribution in [2.45, 2.75) is 6.18 Å². The minimum absolute atomic E-state index is 0.212. The van der Waals surface area contributed by atoms with Crippen LogP contribution in [0.25, 0.3) is 0 Å². The van der Waals surface area contributed by atoms with Crippen molar-refractivity contribution >= 4 is 17.5 Å². The standard InChI is InChI=1S/C16H21F3N4O2/c17-16(18,19)12-21-15(25)14(24)20-6-7-22-8-10-23(11-9-22)13-4-2-1-3-5-13/h1-5H,6-12H2,(H,20,24)(H,21,25). The first-order valence-electron chi connectivity index (χ1n) is 8.00. The molecular formula is C16H21F3N4O2. The van der Waals surface area contributed by atoms with E-state index in [0.717, 1.165) is 31.9 Å². The highest BCUT2D eigenvalue weighted by Crippen LogP contribution is 2.15. The van der Waals surface area contributed by atoms with E-state index in [1.807, 2.05) is 18.2 Å². The van der Waals surface area contributed by atoms with Crippen LogP contribution in [0.2, 0.25) is 0 Å². The van der Waals surface area contributed by atoms with Crippen molar-refractivity contribution in [3.8, 4) is 0 Å². The number of carbonyl (C=O) groups is 2. The summed E-state index contributed by atoms with van der Waals surface area (Å²) in [6.45, 7) is 2.56. The Morgan fingerprint density at radius 2 is 1.56 bits per heavy atom. The fourth-order valence-electron chi connectivity index (χ4n) is 2.54. The molecule has 2 N–H and O–H groups in total. The molecule has 0 aromatic heterocycles. The molecule has 1 aromatic rings. The van der Waals surface area contributed by atoms with Gasteiger partial charge in [-0.25, -0.2) is 0 Å². The number of hydrogen-bond donors (Lipinski definition) is 2. The van der Waals surface area contributed by atoms with Crippen LogP contribution in [0.1, 0.15) is 0 Å². The van der Waals surface area contributed by atoms with Crippen LogP contribution in [-0.2, 0) is 9.59 Å². The van der Waals surface area contributed by atoms with Crippen LogP contribution >= 0.6 is 0 Å². The minimum Gasteiger partial charge on any atom is -0.369 e.